The van der Waals surface area contributed by atoms with Crippen molar-refractivity contribution < 1.29 is 74.7 Å². The van der Waals surface area contributed by atoms with E-state index in [0.29, 0.717) is 0 Å². The fourth-order valence-electron chi connectivity index (χ4n) is 9.57. The normalized spacial score (nSPS) is 31.1. The molecular weight excluding hydrogens is 1490 g/mol. The zero-order valence-electron chi connectivity index (χ0n) is 50.1. The number of hydrogen-bond donors (Lipinski definition) is 15. The van der Waals surface area contributed by atoms with Gasteiger partial charge in [0.15, 0.2) is 12.5 Å². The summed E-state index contributed by atoms with van der Waals surface area (Å²) in [5.74, 6) is 3.54. The van der Waals surface area contributed by atoms with Crippen LogP contribution in [0.1, 0.15) is 57.8 Å². The first-order valence-electron chi connectivity index (χ1n) is 28.5. The Balaban J connectivity index is 0.000000185. The second-order valence-electron chi connectivity index (χ2n) is 20.8. The summed E-state index contributed by atoms with van der Waals surface area (Å²) in [5, 5.41) is 95.3. The van der Waals surface area contributed by atoms with Gasteiger partial charge < -0.3 is 41.4 Å². The summed E-state index contributed by atoms with van der Waals surface area (Å²) in [6.45, 7) is 2.61. The molecule has 5 aliphatic rings. The molecule has 41 heteroatoms. The zero-order chi connectivity index (χ0) is 68.5. The predicted octanol–water partition coefficient (Wildman–Crippen LogP) is -5.30. The number of hydrogen-bond acceptors (Lipinski definition) is 32. The Morgan fingerprint density at radius 2 is 0.806 bits per heavy atom. The van der Waals surface area contributed by atoms with Crippen molar-refractivity contribution in [1.82, 2.24) is 47.8 Å². The Bertz CT molecular complexity index is 3400. The molecule has 10 heterocycles. The average molecular weight is 1570 g/mol. The molecule has 5 aromatic heterocycles. The molecule has 0 aliphatic carbocycles. The van der Waals surface area contributed by atoms with E-state index in [1.54, 1.807) is 10.8 Å². The van der Waals surface area contributed by atoms with Crippen LogP contribution in [0.5, 0.6) is 0 Å². The van der Waals surface area contributed by atoms with Crippen LogP contribution >= 0.6 is 33.2 Å². The van der Waals surface area contributed by atoms with Gasteiger partial charge in [0.2, 0.25) is 0 Å². The van der Waals surface area contributed by atoms with Gasteiger partial charge in [0.1, 0.15) is 35.3 Å². The van der Waals surface area contributed by atoms with E-state index in [9.17, 15) is 59.7 Å². The molecule has 0 amide bonds. The third kappa shape index (κ3) is 19.3. The fourth-order valence-corrected chi connectivity index (χ4v) is 18.1. The molecule has 518 valence electrons. The number of ether oxygens (including phenoxy) is 5. The SMILES string of the molecule is CCCSSC1[C@@H](O)C(CO)O[C@H]1n1ccc(N)nc1=O.CCC[Se]C1[C@@H](O)C(CO)O[C@H]1n1ccc(N)nc1=O.C[Se]C1[C@@H](O)C(CO)O[C@H]1n1ccc(N)nc1=O.Nc1ccn([C@@H]2OC(CO)[C@H](O)C2Cl)c(=O)n1.Nc1ccn([C@@H]2OC(CO)[C@H](O)C2[SeH])c(=O)n1. The monoisotopic (exact) mass is 1570 g/mol. The fraction of sp³-hybridized carbons (Fsp3) is 0.615. The molecule has 93 heavy (non-hydrogen) atoms. The number of anilines is 5. The maximum atomic E-state index is 11.9. The average Bonchev–Trinajstić information content (AvgIpc) is 1.74. The predicted molar refractivity (Wildman–Crippen MR) is 344 cm³/mol. The van der Waals surface area contributed by atoms with E-state index in [-0.39, 0.29) is 112 Å². The summed E-state index contributed by atoms with van der Waals surface area (Å²) < 4.78 is 33.8. The van der Waals surface area contributed by atoms with E-state index in [0.717, 1.165) is 28.5 Å². The van der Waals surface area contributed by atoms with Crippen molar-refractivity contribution in [3.05, 3.63) is 114 Å². The van der Waals surface area contributed by atoms with Crippen molar-refractivity contribution in [2.45, 2.75) is 155 Å². The summed E-state index contributed by atoms with van der Waals surface area (Å²) >= 11 is 8.36. The van der Waals surface area contributed by atoms with Crippen LogP contribution in [-0.4, -0.2) is 255 Å². The Kier molecular flexibility index (Phi) is 30.5. The Morgan fingerprint density at radius 1 is 0.484 bits per heavy atom. The van der Waals surface area contributed by atoms with E-state index in [2.05, 4.69) is 54.8 Å². The van der Waals surface area contributed by atoms with E-state index >= 15 is 0 Å². The molecule has 5 aliphatic heterocycles. The van der Waals surface area contributed by atoms with E-state index in [4.69, 9.17) is 79.3 Å². The van der Waals surface area contributed by atoms with Crippen LogP contribution in [0.4, 0.5) is 29.1 Å². The second kappa shape index (κ2) is 36.6. The van der Waals surface area contributed by atoms with Crippen LogP contribution in [0.15, 0.2) is 85.3 Å². The van der Waals surface area contributed by atoms with Gasteiger partial charge in [-0.3, -0.25) is 9.13 Å². The van der Waals surface area contributed by atoms with E-state index in [1.807, 2.05) is 5.82 Å². The summed E-state index contributed by atoms with van der Waals surface area (Å²) in [6, 6.07) is 7.43. The number of nitrogens with two attached hydrogens (primary N) is 5. The van der Waals surface area contributed by atoms with Gasteiger partial charge in [-0.2, -0.15) is 9.97 Å². The minimum absolute atomic E-state index is 0.0643. The number of nitrogen functional groups attached to an aromatic ring is 5. The van der Waals surface area contributed by atoms with Crippen molar-refractivity contribution in [3.8, 4) is 0 Å². The molecular formula is C52H78ClN15O20S2Se3. The summed E-state index contributed by atoms with van der Waals surface area (Å²) in [7, 11) is 3.07. The van der Waals surface area contributed by atoms with Gasteiger partial charge in [0, 0.05) is 18.1 Å². The van der Waals surface area contributed by atoms with Gasteiger partial charge >= 0.3 is 348 Å². The number of nitrogens with zero attached hydrogens (tertiary/aromatic N) is 10. The third-order valence-corrected chi connectivity index (χ3v) is 24.5. The van der Waals surface area contributed by atoms with Crippen LogP contribution in [0.2, 0.25) is 25.6 Å². The van der Waals surface area contributed by atoms with Crippen LogP contribution < -0.4 is 57.1 Å². The number of aromatic nitrogens is 10. The van der Waals surface area contributed by atoms with E-state index in [1.165, 1.54) is 90.4 Å². The van der Waals surface area contributed by atoms with Crippen LogP contribution in [0.25, 0.3) is 0 Å². The van der Waals surface area contributed by atoms with Crippen molar-refractivity contribution in [1.29, 1.82) is 0 Å². The standard InChI is InChI=1S/C12H19N3O4S2.C12H19N3O4Se.C10H15N3O4Se.C9H12ClN3O4.C9H13N3O4Se/c1-2-5-20-21-10-9(17)7(6-16)19-11(10)15-4-3-8(13)14-12(15)18;1-2-5-20-10-9(17)7(6-16)19-11(10)15-4-3-8(13)14-12(15)18;1-18-8-7(15)5(4-14)17-9(8)13-3-2-6(11)12-10(13)16;10-6-7(15)4(3-14)17-8(6)13-2-1-5(11)12-9(13)16;10-5-1-2-12(9(15)11-5)8-7(17)6(14)4(3-13)16-8/h3-4,7,9-11,16-17H,2,5-6H2,1H3,(H2,13,14,18);3-4,7,9-11,16-17H,2,5-6H2,1H3,(H2,13,14,18);2-3,5,7-9,14-15H,4H2,1H3,(H2,11,12,16);1-2,4,6-8,14-15H,3H2,(H2,11,12,16);1-2,4,6-8,13-14,17H,3H2,(H2,10,11,15)/t2*7?,9-,10?,11+;5?,7-,8?,9+;4?,6?,7-,8+;4?,6-,7?,8+/m00000/s1. The topological polar surface area (TPSA) is 553 Å². The van der Waals surface area contributed by atoms with Crippen molar-refractivity contribution >= 4 is 108 Å². The van der Waals surface area contributed by atoms with Gasteiger partial charge in [-0.25, -0.2) is 9.59 Å². The molecule has 10 rings (SSSR count). The molecule has 20 atom stereocenters. The van der Waals surface area contributed by atoms with Crippen molar-refractivity contribution in [2.75, 3.05) is 67.5 Å². The molecule has 20 N–H and O–H groups in total. The maximum absolute atomic E-state index is 11.9. The van der Waals surface area contributed by atoms with Gasteiger partial charge in [0.25, 0.3) is 0 Å². The number of aliphatic hydroxyl groups is 10. The first-order valence-corrected chi connectivity index (χ1v) is 37.3. The molecule has 0 bridgehead atoms. The van der Waals surface area contributed by atoms with Crippen molar-refractivity contribution in [2.24, 2.45) is 0 Å². The molecule has 0 saturated carbocycles. The third-order valence-electron chi connectivity index (χ3n) is 14.4. The van der Waals surface area contributed by atoms with Gasteiger partial charge in [-0.05, 0) is 18.6 Å². The number of rotatable bonds is 18. The second-order valence-corrected chi connectivity index (χ2v) is 30.0. The Hall–Kier alpha value is -4.65. The van der Waals surface area contributed by atoms with Gasteiger partial charge in [-0.1, -0.05) is 28.5 Å². The number of aliphatic hydroxyl groups excluding tert-OH is 10. The number of alkyl halides is 1. The molecule has 0 aromatic carbocycles. The molecule has 5 saturated heterocycles. The molecule has 35 nitrogen and oxygen atoms in total. The van der Waals surface area contributed by atoms with E-state index < -0.39 is 126 Å². The van der Waals surface area contributed by atoms with Crippen LogP contribution in [-0.2, 0) is 23.7 Å². The summed E-state index contributed by atoms with van der Waals surface area (Å²) in [6.07, 6.45) is -1.80. The van der Waals surface area contributed by atoms with Gasteiger partial charge in [-0.15, -0.1) is 11.6 Å². The minimum atomic E-state index is -1.05. The molecule has 5 aromatic rings. The van der Waals surface area contributed by atoms with Gasteiger partial charge in [0.05, 0.1) is 24.6 Å². The molecule has 5 fully saturated rings. The van der Waals surface area contributed by atoms with Crippen LogP contribution in [0, 0.1) is 0 Å². The number of halogens is 1. The quantitative estimate of drug-likeness (QED) is 0.0169. The molecule has 10 unspecified atom stereocenters. The van der Waals surface area contributed by atoms with Crippen molar-refractivity contribution in [3.63, 3.8) is 0 Å². The molecule has 0 spiro atoms. The Labute approximate surface area is 563 Å². The summed E-state index contributed by atoms with van der Waals surface area (Å²) in [4.78, 5) is 76.1. The molecule has 0 radical (unpaired) electrons. The first kappa shape index (κ1) is 77.4. The zero-order valence-corrected chi connectivity index (χ0v) is 57.7. The summed E-state index contributed by atoms with van der Waals surface area (Å²) in [5.41, 5.74) is 24.4. The van der Waals surface area contributed by atoms with Crippen LogP contribution in [0.3, 0.4) is 0 Å². The first-order chi connectivity index (χ1) is 44.3. The Morgan fingerprint density at radius 3 is 1.17 bits per heavy atom.